The van der Waals surface area contributed by atoms with Gasteiger partial charge < -0.3 is 9.88 Å². The van der Waals surface area contributed by atoms with E-state index in [4.69, 9.17) is 11.6 Å². The smallest absolute Gasteiger partial charge is 0.252 e. The van der Waals surface area contributed by atoms with Gasteiger partial charge in [-0.1, -0.05) is 23.7 Å². The fourth-order valence-electron chi connectivity index (χ4n) is 1.85. The number of nitrogens with zero attached hydrogens (tertiary/aromatic N) is 2. The van der Waals surface area contributed by atoms with Crippen LogP contribution in [0.15, 0.2) is 30.7 Å². The minimum Gasteiger partial charge on any atom is -0.352 e. The maximum absolute atomic E-state index is 12.0. The topological polar surface area (TPSA) is 46.9 Å². The maximum atomic E-state index is 12.0. The Balaban J connectivity index is 1.95. The molecule has 0 aliphatic heterocycles. The van der Waals surface area contributed by atoms with Gasteiger partial charge >= 0.3 is 0 Å². The number of benzene rings is 1. The number of carbonyl (C=O) groups is 1. The van der Waals surface area contributed by atoms with Crippen LogP contribution in [0, 0.1) is 6.92 Å². The lowest BCUT2D eigenvalue weighted by Crippen LogP contribution is -2.26. The van der Waals surface area contributed by atoms with Crippen molar-refractivity contribution in [2.24, 2.45) is 7.05 Å². The molecule has 0 fully saturated rings. The molecular weight excluding hydrogens is 262 g/mol. The molecule has 0 unspecified atom stereocenters. The van der Waals surface area contributed by atoms with Crippen LogP contribution in [0.3, 0.4) is 0 Å². The van der Waals surface area contributed by atoms with Gasteiger partial charge in [-0.05, 0) is 18.6 Å². The number of imidazole rings is 1. The van der Waals surface area contributed by atoms with Crippen molar-refractivity contribution in [1.29, 1.82) is 0 Å². The molecule has 0 bridgehead atoms. The first kappa shape index (κ1) is 13.6. The van der Waals surface area contributed by atoms with Crippen molar-refractivity contribution in [2.45, 2.75) is 13.3 Å². The van der Waals surface area contributed by atoms with E-state index in [1.54, 1.807) is 18.6 Å². The van der Waals surface area contributed by atoms with Gasteiger partial charge in [0.2, 0.25) is 0 Å². The highest BCUT2D eigenvalue weighted by molar-refractivity contribution is 6.34. The summed E-state index contributed by atoms with van der Waals surface area (Å²) >= 11 is 6.12. The van der Waals surface area contributed by atoms with Crippen LogP contribution in [0.4, 0.5) is 0 Å². The van der Waals surface area contributed by atoms with Gasteiger partial charge in [0.25, 0.3) is 5.91 Å². The molecule has 0 radical (unpaired) electrons. The molecule has 0 saturated heterocycles. The normalized spacial score (nSPS) is 10.5. The number of hydrogen-bond donors (Lipinski definition) is 1. The number of carbonyl (C=O) groups excluding carboxylic acids is 1. The van der Waals surface area contributed by atoms with Crippen LogP contribution in [-0.2, 0) is 13.5 Å². The van der Waals surface area contributed by atoms with Crippen molar-refractivity contribution >= 4 is 17.5 Å². The Morgan fingerprint density at radius 1 is 1.47 bits per heavy atom. The van der Waals surface area contributed by atoms with E-state index in [0.717, 1.165) is 17.7 Å². The number of nitrogens with one attached hydrogen (secondary N) is 1. The molecule has 2 aromatic rings. The van der Waals surface area contributed by atoms with E-state index < -0.39 is 0 Å². The zero-order valence-electron chi connectivity index (χ0n) is 11.0. The molecule has 1 amide bonds. The fraction of sp³-hybridized carbons (Fsp3) is 0.286. The number of hydrogen-bond acceptors (Lipinski definition) is 2. The summed E-state index contributed by atoms with van der Waals surface area (Å²) in [5.74, 6) is -0.143. The molecule has 0 saturated carbocycles. The van der Waals surface area contributed by atoms with E-state index in [1.807, 2.05) is 30.7 Å². The van der Waals surface area contributed by atoms with E-state index in [2.05, 4.69) is 10.3 Å². The van der Waals surface area contributed by atoms with Crippen LogP contribution in [0.2, 0.25) is 5.02 Å². The lowest BCUT2D eigenvalue weighted by Gasteiger charge is -2.08. The highest BCUT2D eigenvalue weighted by Gasteiger charge is 2.11. The molecule has 4 nitrogen and oxygen atoms in total. The monoisotopic (exact) mass is 277 g/mol. The van der Waals surface area contributed by atoms with E-state index in [0.29, 0.717) is 17.1 Å². The quantitative estimate of drug-likeness (QED) is 0.932. The van der Waals surface area contributed by atoms with Gasteiger partial charge in [-0.3, -0.25) is 4.79 Å². The van der Waals surface area contributed by atoms with Crippen molar-refractivity contribution in [1.82, 2.24) is 14.9 Å². The van der Waals surface area contributed by atoms with Crippen LogP contribution in [-0.4, -0.2) is 22.0 Å². The lowest BCUT2D eigenvalue weighted by atomic mass is 10.1. The van der Waals surface area contributed by atoms with Gasteiger partial charge in [-0.15, -0.1) is 0 Å². The van der Waals surface area contributed by atoms with Gasteiger partial charge in [0.1, 0.15) is 0 Å². The minimum absolute atomic E-state index is 0.143. The van der Waals surface area contributed by atoms with Crippen molar-refractivity contribution in [3.63, 3.8) is 0 Å². The van der Waals surface area contributed by atoms with Gasteiger partial charge in [-0.25, -0.2) is 4.98 Å². The van der Waals surface area contributed by atoms with Crippen LogP contribution in [0.25, 0.3) is 0 Å². The Morgan fingerprint density at radius 2 is 2.26 bits per heavy atom. The first-order valence-electron chi connectivity index (χ1n) is 6.08. The summed E-state index contributed by atoms with van der Waals surface area (Å²) in [4.78, 5) is 16.0. The molecule has 1 N–H and O–H groups in total. The Kier molecular flexibility index (Phi) is 4.22. The molecule has 1 aromatic heterocycles. The average Bonchev–Trinajstić information content (AvgIpc) is 2.78. The van der Waals surface area contributed by atoms with Gasteiger partial charge in [-0.2, -0.15) is 0 Å². The Hall–Kier alpha value is -1.81. The largest absolute Gasteiger partial charge is 0.352 e. The molecule has 2 rings (SSSR count). The van der Waals surface area contributed by atoms with Crippen molar-refractivity contribution in [3.8, 4) is 0 Å². The van der Waals surface area contributed by atoms with Crippen LogP contribution in [0.5, 0.6) is 0 Å². The Labute approximate surface area is 117 Å². The van der Waals surface area contributed by atoms with E-state index in [1.165, 1.54) is 0 Å². The van der Waals surface area contributed by atoms with Crippen molar-refractivity contribution in [3.05, 3.63) is 52.6 Å². The zero-order valence-corrected chi connectivity index (χ0v) is 11.7. The third-order valence-electron chi connectivity index (χ3n) is 3.02. The molecule has 0 spiro atoms. The van der Waals surface area contributed by atoms with Crippen molar-refractivity contribution < 1.29 is 4.79 Å². The standard InChI is InChI=1S/C14H16ClN3O/c1-10-4-3-5-12(13(10)15)14(19)17-7-6-11-8-16-9-18(11)2/h3-5,8-9H,6-7H2,1-2H3,(H,17,19). The highest BCUT2D eigenvalue weighted by atomic mass is 35.5. The van der Waals surface area contributed by atoms with E-state index in [-0.39, 0.29) is 5.91 Å². The predicted octanol–water partition coefficient (Wildman–Crippen LogP) is 2.35. The summed E-state index contributed by atoms with van der Waals surface area (Å²) in [6, 6.07) is 5.45. The van der Waals surface area contributed by atoms with Gasteiger partial charge in [0, 0.05) is 31.9 Å². The van der Waals surface area contributed by atoms with Gasteiger partial charge in [0.15, 0.2) is 0 Å². The zero-order chi connectivity index (χ0) is 13.8. The second kappa shape index (κ2) is 5.89. The van der Waals surface area contributed by atoms with E-state index >= 15 is 0 Å². The summed E-state index contributed by atoms with van der Waals surface area (Å²) in [5.41, 5.74) is 2.50. The number of aromatic nitrogens is 2. The summed E-state index contributed by atoms with van der Waals surface area (Å²) in [6.07, 6.45) is 4.28. The second-order valence-electron chi connectivity index (χ2n) is 4.44. The van der Waals surface area contributed by atoms with E-state index in [9.17, 15) is 4.79 Å². The minimum atomic E-state index is -0.143. The first-order chi connectivity index (χ1) is 9.09. The summed E-state index contributed by atoms with van der Waals surface area (Å²) in [6.45, 7) is 2.44. The molecule has 0 aliphatic carbocycles. The number of aryl methyl sites for hydroxylation is 2. The molecule has 0 aliphatic rings. The predicted molar refractivity (Wildman–Crippen MR) is 75.4 cm³/mol. The van der Waals surface area contributed by atoms with Crippen LogP contribution in [0.1, 0.15) is 21.6 Å². The molecule has 100 valence electrons. The third kappa shape index (κ3) is 3.15. The molecule has 5 heteroatoms. The Morgan fingerprint density at radius 3 is 2.95 bits per heavy atom. The molecular formula is C14H16ClN3O. The third-order valence-corrected chi connectivity index (χ3v) is 3.52. The summed E-state index contributed by atoms with van der Waals surface area (Å²) < 4.78 is 1.94. The first-order valence-corrected chi connectivity index (χ1v) is 6.46. The molecule has 1 aromatic carbocycles. The number of amides is 1. The molecule has 0 atom stereocenters. The highest BCUT2D eigenvalue weighted by Crippen LogP contribution is 2.19. The maximum Gasteiger partial charge on any atom is 0.252 e. The average molecular weight is 278 g/mol. The SMILES string of the molecule is Cc1cccc(C(=O)NCCc2cncn2C)c1Cl. The fourth-order valence-corrected chi connectivity index (χ4v) is 2.06. The Bertz CT molecular complexity index is 592. The summed E-state index contributed by atoms with van der Waals surface area (Å²) in [7, 11) is 1.93. The second-order valence-corrected chi connectivity index (χ2v) is 4.82. The van der Waals surface area contributed by atoms with Crippen LogP contribution < -0.4 is 5.32 Å². The summed E-state index contributed by atoms with van der Waals surface area (Å²) in [5, 5.41) is 3.38. The number of halogens is 1. The van der Waals surface area contributed by atoms with Crippen LogP contribution >= 0.6 is 11.6 Å². The molecule has 19 heavy (non-hydrogen) atoms. The number of rotatable bonds is 4. The van der Waals surface area contributed by atoms with Gasteiger partial charge in [0.05, 0.1) is 16.9 Å². The molecule has 1 heterocycles. The lowest BCUT2D eigenvalue weighted by molar-refractivity contribution is 0.0954. The van der Waals surface area contributed by atoms with Crippen molar-refractivity contribution in [2.75, 3.05) is 6.54 Å².